The van der Waals surface area contributed by atoms with Crippen molar-refractivity contribution in [2.45, 2.75) is 13.5 Å². The Morgan fingerprint density at radius 1 is 1.07 bits per heavy atom. The van der Waals surface area contributed by atoms with Crippen molar-refractivity contribution in [1.82, 2.24) is 0 Å². The molecular weight excluding hydrogens is 362 g/mol. The Labute approximate surface area is 161 Å². The molecule has 0 saturated carbocycles. The van der Waals surface area contributed by atoms with E-state index >= 15 is 0 Å². The van der Waals surface area contributed by atoms with Gasteiger partial charge in [0.25, 0.3) is 5.91 Å². The first-order chi connectivity index (χ1) is 13.4. The van der Waals surface area contributed by atoms with Crippen LogP contribution in [0.1, 0.15) is 27.0 Å². The van der Waals surface area contributed by atoms with Crippen LogP contribution in [0.25, 0.3) is 0 Å². The zero-order valence-electron chi connectivity index (χ0n) is 15.0. The molecule has 0 atom stereocenters. The van der Waals surface area contributed by atoms with E-state index in [-0.39, 0.29) is 23.7 Å². The van der Waals surface area contributed by atoms with Gasteiger partial charge in [0.2, 0.25) is 0 Å². The number of halogens is 2. The number of nitrogens with zero attached hydrogens (tertiary/aromatic N) is 1. The Morgan fingerprint density at radius 2 is 1.82 bits per heavy atom. The third kappa shape index (κ3) is 4.71. The van der Waals surface area contributed by atoms with Crippen molar-refractivity contribution >= 4 is 11.6 Å². The lowest BCUT2D eigenvalue weighted by Crippen LogP contribution is -2.12. The SMILES string of the molecule is Cc1ccc(COc2ccc(C(=O)Nc3cc(F)cc(C#N)c3)cc2)cc1F. The van der Waals surface area contributed by atoms with Crippen LogP contribution in [-0.2, 0) is 6.61 Å². The number of aryl methyl sites for hydroxylation is 1. The topological polar surface area (TPSA) is 62.1 Å². The summed E-state index contributed by atoms with van der Waals surface area (Å²) in [7, 11) is 0. The number of carbonyl (C=O) groups is 1. The fraction of sp³-hybridized carbons (Fsp3) is 0.0909. The smallest absolute Gasteiger partial charge is 0.255 e. The van der Waals surface area contributed by atoms with Gasteiger partial charge in [-0.3, -0.25) is 4.79 Å². The third-order valence-corrected chi connectivity index (χ3v) is 4.04. The molecule has 28 heavy (non-hydrogen) atoms. The number of hydrogen-bond acceptors (Lipinski definition) is 3. The molecule has 0 fully saturated rings. The summed E-state index contributed by atoms with van der Waals surface area (Å²) < 4.78 is 32.6. The molecule has 3 aromatic carbocycles. The first-order valence-corrected chi connectivity index (χ1v) is 8.44. The molecule has 3 aromatic rings. The molecule has 140 valence electrons. The molecule has 0 aromatic heterocycles. The largest absolute Gasteiger partial charge is 0.489 e. The predicted molar refractivity (Wildman–Crippen MR) is 101 cm³/mol. The van der Waals surface area contributed by atoms with E-state index in [9.17, 15) is 13.6 Å². The highest BCUT2D eigenvalue weighted by atomic mass is 19.1. The van der Waals surface area contributed by atoms with Gasteiger partial charge >= 0.3 is 0 Å². The Hall–Kier alpha value is -3.72. The van der Waals surface area contributed by atoms with Crippen LogP contribution in [0, 0.1) is 29.9 Å². The second-order valence-corrected chi connectivity index (χ2v) is 6.19. The quantitative estimate of drug-likeness (QED) is 0.681. The van der Waals surface area contributed by atoms with Crippen LogP contribution in [0.5, 0.6) is 5.75 Å². The number of hydrogen-bond donors (Lipinski definition) is 1. The highest BCUT2D eigenvalue weighted by Gasteiger charge is 2.09. The Bertz CT molecular complexity index is 1060. The van der Waals surface area contributed by atoms with Crippen LogP contribution >= 0.6 is 0 Å². The van der Waals surface area contributed by atoms with Gasteiger partial charge in [0.1, 0.15) is 24.0 Å². The molecule has 0 bridgehead atoms. The summed E-state index contributed by atoms with van der Waals surface area (Å²) in [6.45, 7) is 1.89. The van der Waals surface area contributed by atoms with E-state index in [0.717, 1.165) is 12.1 Å². The molecular formula is C22H16F2N2O2. The molecule has 1 N–H and O–H groups in total. The summed E-state index contributed by atoms with van der Waals surface area (Å²) in [6.07, 6.45) is 0. The molecule has 3 rings (SSSR count). The number of amides is 1. The summed E-state index contributed by atoms with van der Waals surface area (Å²) in [4.78, 5) is 12.3. The fourth-order valence-corrected chi connectivity index (χ4v) is 2.52. The molecule has 0 aliphatic rings. The number of nitriles is 1. The molecule has 0 saturated heterocycles. The Kier molecular flexibility index (Phi) is 5.66. The van der Waals surface area contributed by atoms with Gasteiger partial charge in [-0.1, -0.05) is 12.1 Å². The predicted octanol–water partition coefficient (Wildman–Crippen LogP) is 4.98. The lowest BCUT2D eigenvalue weighted by Gasteiger charge is -2.09. The van der Waals surface area contributed by atoms with Crippen LogP contribution in [0.4, 0.5) is 14.5 Å². The van der Waals surface area contributed by atoms with E-state index in [1.54, 1.807) is 43.3 Å². The van der Waals surface area contributed by atoms with Crippen LogP contribution in [-0.4, -0.2) is 5.91 Å². The van der Waals surface area contributed by atoms with Gasteiger partial charge < -0.3 is 10.1 Å². The molecule has 0 radical (unpaired) electrons. The van der Waals surface area contributed by atoms with Crippen LogP contribution in [0.3, 0.4) is 0 Å². The summed E-state index contributed by atoms with van der Waals surface area (Å²) in [5.74, 6) is -0.813. The van der Waals surface area contributed by atoms with E-state index in [0.29, 0.717) is 22.4 Å². The van der Waals surface area contributed by atoms with Gasteiger partial charge in [-0.05, 0) is 66.6 Å². The maximum Gasteiger partial charge on any atom is 0.255 e. The number of ether oxygens (including phenoxy) is 1. The van der Waals surface area contributed by atoms with E-state index in [1.807, 2.05) is 6.07 Å². The molecule has 0 aliphatic heterocycles. The molecule has 6 heteroatoms. The molecule has 4 nitrogen and oxygen atoms in total. The van der Waals surface area contributed by atoms with Gasteiger partial charge in [-0.25, -0.2) is 8.78 Å². The van der Waals surface area contributed by atoms with Crippen molar-refractivity contribution in [3.05, 3.63) is 94.6 Å². The summed E-state index contributed by atoms with van der Waals surface area (Å²) in [5, 5.41) is 11.4. The van der Waals surface area contributed by atoms with E-state index in [2.05, 4.69) is 5.32 Å². The van der Waals surface area contributed by atoms with Gasteiger partial charge in [-0.2, -0.15) is 5.26 Å². The highest BCUT2D eigenvalue weighted by molar-refractivity contribution is 6.04. The molecule has 0 spiro atoms. The van der Waals surface area contributed by atoms with Crippen LogP contribution in [0.15, 0.2) is 60.7 Å². The number of benzene rings is 3. The van der Waals surface area contributed by atoms with Gasteiger partial charge in [0, 0.05) is 11.3 Å². The number of rotatable bonds is 5. The van der Waals surface area contributed by atoms with Crippen molar-refractivity contribution in [3.8, 4) is 11.8 Å². The number of nitrogens with one attached hydrogen (secondary N) is 1. The first-order valence-electron chi connectivity index (χ1n) is 8.44. The monoisotopic (exact) mass is 378 g/mol. The van der Waals surface area contributed by atoms with Crippen molar-refractivity contribution in [3.63, 3.8) is 0 Å². The molecule has 1 amide bonds. The minimum Gasteiger partial charge on any atom is -0.489 e. The summed E-state index contributed by atoms with van der Waals surface area (Å²) >= 11 is 0. The number of anilines is 1. The first kappa shape index (κ1) is 19.1. The Morgan fingerprint density at radius 3 is 2.50 bits per heavy atom. The normalized spacial score (nSPS) is 10.2. The molecule has 0 aliphatic carbocycles. The van der Waals surface area contributed by atoms with Crippen molar-refractivity contribution in [1.29, 1.82) is 5.26 Å². The lowest BCUT2D eigenvalue weighted by molar-refractivity contribution is 0.102. The van der Waals surface area contributed by atoms with E-state index in [1.165, 1.54) is 12.1 Å². The Balaban J connectivity index is 1.63. The van der Waals surface area contributed by atoms with Crippen LogP contribution in [0.2, 0.25) is 0 Å². The van der Waals surface area contributed by atoms with E-state index < -0.39 is 11.7 Å². The number of carbonyl (C=O) groups excluding carboxylic acids is 1. The minimum absolute atomic E-state index is 0.117. The average molecular weight is 378 g/mol. The highest BCUT2D eigenvalue weighted by Crippen LogP contribution is 2.18. The third-order valence-electron chi connectivity index (χ3n) is 4.04. The molecule has 0 heterocycles. The second kappa shape index (κ2) is 8.31. The zero-order valence-corrected chi connectivity index (χ0v) is 15.0. The average Bonchev–Trinajstić information content (AvgIpc) is 2.68. The van der Waals surface area contributed by atoms with Gasteiger partial charge in [-0.15, -0.1) is 0 Å². The summed E-state index contributed by atoms with van der Waals surface area (Å²) in [6, 6.07) is 16.7. The zero-order chi connectivity index (χ0) is 20.1. The fourth-order valence-electron chi connectivity index (χ4n) is 2.52. The standard InChI is InChI=1S/C22H16F2N2O2/c1-14-2-3-15(10-21(14)24)13-28-20-6-4-17(5-7-20)22(27)26-19-9-16(12-25)8-18(23)11-19/h2-11H,13H2,1H3,(H,26,27). The van der Waals surface area contributed by atoms with Crippen LogP contribution < -0.4 is 10.1 Å². The van der Waals surface area contributed by atoms with Crippen molar-refractivity contribution in [2.24, 2.45) is 0 Å². The molecule has 0 unspecified atom stereocenters. The van der Waals surface area contributed by atoms with Crippen molar-refractivity contribution < 1.29 is 18.3 Å². The second-order valence-electron chi connectivity index (χ2n) is 6.19. The maximum atomic E-state index is 13.6. The maximum absolute atomic E-state index is 13.6. The van der Waals surface area contributed by atoms with Gasteiger partial charge in [0.15, 0.2) is 0 Å². The van der Waals surface area contributed by atoms with E-state index in [4.69, 9.17) is 10.00 Å². The lowest BCUT2D eigenvalue weighted by atomic mass is 10.1. The van der Waals surface area contributed by atoms with Gasteiger partial charge in [0.05, 0.1) is 11.6 Å². The minimum atomic E-state index is -0.606. The summed E-state index contributed by atoms with van der Waals surface area (Å²) in [5.41, 5.74) is 1.93. The van der Waals surface area contributed by atoms with Crippen molar-refractivity contribution in [2.75, 3.05) is 5.32 Å².